The molecule has 2 rings (SSSR count). The van der Waals surface area contributed by atoms with Crippen LogP contribution in [0.1, 0.15) is 5.69 Å². The molecule has 2 heterocycles. The minimum absolute atomic E-state index is 0.183. The molecule has 56 valence electrons. The van der Waals surface area contributed by atoms with Crippen molar-refractivity contribution in [1.29, 1.82) is 0 Å². The van der Waals surface area contributed by atoms with Gasteiger partial charge in [0.15, 0.2) is 5.65 Å². The minimum atomic E-state index is 0.183. The van der Waals surface area contributed by atoms with E-state index in [2.05, 4.69) is 9.97 Å². The fourth-order valence-corrected chi connectivity index (χ4v) is 1.01. The van der Waals surface area contributed by atoms with Crippen LogP contribution in [0.5, 0.6) is 5.88 Å². The summed E-state index contributed by atoms with van der Waals surface area (Å²) in [6, 6.07) is 0. The average Bonchev–Trinajstić information content (AvgIpc) is 2.30. The van der Waals surface area contributed by atoms with Gasteiger partial charge in [0.05, 0.1) is 6.20 Å². The van der Waals surface area contributed by atoms with Crippen LogP contribution in [0, 0.1) is 6.92 Å². The summed E-state index contributed by atoms with van der Waals surface area (Å²) in [6.45, 7) is 1.75. The normalized spacial score (nSPS) is 10.6. The highest BCUT2D eigenvalue weighted by Gasteiger charge is 2.04. The molecule has 2 aromatic rings. The lowest BCUT2D eigenvalue weighted by molar-refractivity contribution is 0.444. The second-order valence-corrected chi connectivity index (χ2v) is 2.33. The number of imidazole rings is 1. The van der Waals surface area contributed by atoms with E-state index in [1.807, 2.05) is 0 Å². The van der Waals surface area contributed by atoms with Crippen molar-refractivity contribution in [1.82, 2.24) is 14.4 Å². The van der Waals surface area contributed by atoms with E-state index in [-0.39, 0.29) is 5.88 Å². The summed E-state index contributed by atoms with van der Waals surface area (Å²) in [7, 11) is 0. The Morgan fingerprint density at radius 3 is 3.09 bits per heavy atom. The highest BCUT2D eigenvalue weighted by Crippen LogP contribution is 2.15. The smallest absolute Gasteiger partial charge is 0.219 e. The Morgan fingerprint density at radius 1 is 1.55 bits per heavy atom. The summed E-state index contributed by atoms with van der Waals surface area (Å²) >= 11 is 0. The topological polar surface area (TPSA) is 50.4 Å². The first-order chi connectivity index (χ1) is 5.29. The van der Waals surface area contributed by atoms with Crippen molar-refractivity contribution < 1.29 is 5.11 Å². The number of hydrogen-bond donors (Lipinski definition) is 1. The van der Waals surface area contributed by atoms with Crippen LogP contribution >= 0.6 is 0 Å². The van der Waals surface area contributed by atoms with E-state index >= 15 is 0 Å². The van der Waals surface area contributed by atoms with Crippen LogP contribution in [-0.2, 0) is 0 Å². The van der Waals surface area contributed by atoms with E-state index in [1.54, 1.807) is 29.9 Å². The molecule has 0 amide bonds. The van der Waals surface area contributed by atoms with Crippen molar-refractivity contribution in [3.05, 3.63) is 24.3 Å². The van der Waals surface area contributed by atoms with Gasteiger partial charge in [-0.1, -0.05) is 0 Å². The standard InChI is InChI=1S/C7H7N3O/c1-5-7(11)10-3-2-8-4-6(10)9-5/h2-4,11H,1H3. The molecule has 0 saturated carbocycles. The zero-order valence-electron chi connectivity index (χ0n) is 6.02. The van der Waals surface area contributed by atoms with Gasteiger partial charge >= 0.3 is 0 Å². The Labute approximate surface area is 63.1 Å². The van der Waals surface area contributed by atoms with Gasteiger partial charge in [-0.3, -0.25) is 9.38 Å². The zero-order chi connectivity index (χ0) is 7.84. The molecule has 0 aliphatic rings. The third-order valence-corrected chi connectivity index (χ3v) is 1.57. The van der Waals surface area contributed by atoms with Crippen molar-refractivity contribution >= 4 is 5.65 Å². The third-order valence-electron chi connectivity index (χ3n) is 1.57. The van der Waals surface area contributed by atoms with Gasteiger partial charge in [0.25, 0.3) is 0 Å². The summed E-state index contributed by atoms with van der Waals surface area (Å²) < 4.78 is 1.59. The van der Waals surface area contributed by atoms with Crippen molar-refractivity contribution in [2.24, 2.45) is 0 Å². The molecule has 0 aliphatic heterocycles. The van der Waals surface area contributed by atoms with Gasteiger partial charge in [-0.2, -0.15) is 0 Å². The Hall–Kier alpha value is -1.58. The molecule has 11 heavy (non-hydrogen) atoms. The zero-order valence-corrected chi connectivity index (χ0v) is 6.02. The Balaban J connectivity index is 2.92. The molecule has 0 bridgehead atoms. The molecule has 0 aromatic carbocycles. The highest BCUT2D eigenvalue weighted by atomic mass is 16.3. The Bertz CT molecular complexity index is 393. The quantitative estimate of drug-likeness (QED) is 0.601. The summed E-state index contributed by atoms with van der Waals surface area (Å²) in [6.07, 6.45) is 4.88. The Morgan fingerprint density at radius 2 is 2.36 bits per heavy atom. The number of fused-ring (bicyclic) bond motifs is 1. The molecule has 2 aromatic heterocycles. The molecule has 0 fully saturated rings. The Kier molecular flexibility index (Phi) is 1.09. The van der Waals surface area contributed by atoms with Crippen LogP contribution in [0.15, 0.2) is 18.6 Å². The van der Waals surface area contributed by atoms with E-state index in [1.165, 1.54) is 0 Å². The van der Waals surface area contributed by atoms with Crippen molar-refractivity contribution in [3.63, 3.8) is 0 Å². The summed E-state index contributed by atoms with van der Waals surface area (Å²) in [5.74, 6) is 0.183. The van der Waals surface area contributed by atoms with Crippen molar-refractivity contribution in [2.75, 3.05) is 0 Å². The molecule has 0 aliphatic carbocycles. The number of hydrogen-bond acceptors (Lipinski definition) is 3. The number of aromatic hydroxyl groups is 1. The summed E-state index contributed by atoms with van der Waals surface area (Å²) in [5.41, 5.74) is 1.29. The van der Waals surface area contributed by atoms with E-state index in [4.69, 9.17) is 0 Å². The lowest BCUT2D eigenvalue weighted by atomic mass is 10.5. The molecule has 1 N–H and O–H groups in total. The van der Waals surface area contributed by atoms with Gasteiger partial charge in [0, 0.05) is 12.4 Å². The van der Waals surface area contributed by atoms with Crippen molar-refractivity contribution in [2.45, 2.75) is 6.92 Å². The molecule has 0 radical (unpaired) electrons. The van der Waals surface area contributed by atoms with Crippen LogP contribution in [0.2, 0.25) is 0 Å². The summed E-state index contributed by atoms with van der Waals surface area (Å²) in [5, 5.41) is 9.37. The molecular weight excluding hydrogens is 142 g/mol. The molecule has 4 heteroatoms. The van der Waals surface area contributed by atoms with Gasteiger partial charge in [-0.05, 0) is 6.92 Å². The predicted octanol–water partition coefficient (Wildman–Crippen LogP) is 0.743. The third kappa shape index (κ3) is 0.756. The van der Waals surface area contributed by atoms with E-state index < -0.39 is 0 Å². The monoisotopic (exact) mass is 149 g/mol. The first-order valence-corrected chi connectivity index (χ1v) is 3.26. The van der Waals surface area contributed by atoms with Gasteiger partial charge in [0.1, 0.15) is 5.69 Å². The number of nitrogens with zero attached hydrogens (tertiary/aromatic N) is 3. The van der Waals surface area contributed by atoms with E-state index in [0.29, 0.717) is 11.3 Å². The van der Waals surface area contributed by atoms with Crippen LogP contribution < -0.4 is 0 Å². The maximum Gasteiger partial charge on any atom is 0.219 e. The molecular formula is C7H7N3O. The fourth-order valence-electron chi connectivity index (χ4n) is 1.01. The van der Waals surface area contributed by atoms with Crippen molar-refractivity contribution in [3.8, 4) is 5.88 Å². The molecule has 0 saturated heterocycles. The lowest BCUT2D eigenvalue weighted by Crippen LogP contribution is -1.82. The lowest BCUT2D eigenvalue weighted by Gasteiger charge is -1.90. The number of rotatable bonds is 0. The molecule has 0 spiro atoms. The predicted molar refractivity (Wildman–Crippen MR) is 39.4 cm³/mol. The van der Waals surface area contributed by atoms with Crippen LogP contribution in [0.25, 0.3) is 5.65 Å². The fraction of sp³-hybridized carbons (Fsp3) is 0.143. The molecule has 4 nitrogen and oxygen atoms in total. The van der Waals surface area contributed by atoms with E-state index in [0.717, 1.165) is 0 Å². The largest absolute Gasteiger partial charge is 0.493 e. The second kappa shape index (κ2) is 1.95. The summed E-state index contributed by atoms with van der Waals surface area (Å²) in [4.78, 5) is 7.94. The maximum atomic E-state index is 9.37. The average molecular weight is 149 g/mol. The van der Waals surface area contributed by atoms with E-state index in [9.17, 15) is 5.11 Å². The van der Waals surface area contributed by atoms with Gasteiger partial charge in [-0.25, -0.2) is 4.98 Å². The SMILES string of the molecule is Cc1nc2cnccn2c1O. The second-order valence-electron chi connectivity index (χ2n) is 2.33. The number of aryl methyl sites for hydroxylation is 1. The minimum Gasteiger partial charge on any atom is -0.493 e. The number of aromatic nitrogens is 3. The van der Waals surface area contributed by atoms with Crippen LogP contribution in [0.3, 0.4) is 0 Å². The van der Waals surface area contributed by atoms with Crippen LogP contribution in [0.4, 0.5) is 0 Å². The van der Waals surface area contributed by atoms with Gasteiger partial charge in [0.2, 0.25) is 5.88 Å². The van der Waals surface area contributed by atoms with Gasteiger partial charge < -0.3 is 5.11 Å². The van der Waals surface area contributed by atoms with Crippen LogP contribution in [-0.4, -0.2) is 19.5 Å². The maximum absolute atomic E-state index is 9.37. The first kappa shape index (κ1) is 6.15. The highest BCUT2D eigenvalue weighted by molar-refractivity contribution is 5.42. The van der Waals surface area contributed by atoms with Gasteiger partial charge in [-0.15, -0.1) is 0 Å². The first-order valence-electron chi connectivity index (χ1n) is 3.26. The molecule has 0 unspecified atom stereocenters. The molecule has 0 atom stereocenters.